The smallest absolute Gasteiger partial charge is 0.0790 e. The predicted molar refractivity (Wildman–Crippen MR) is 65.0 cm³/mol. The maximum atomic E-state index is 9.81. The fourth-order valence-electron chi connectivity index (χ4n) is 1.65. The van der Waals surface area contributed by atoms with Gasteiger partial charge in [0.25, 0.3) is 0 Å². The molecule has 15 heavy (non-hydrogen) atoms. The predicted octanol–water partition coefficient (Wildman–Crippen LogP) is 3.82. The van der Waals surface area contributed by atoms with Gasteiger partial charge in [0.2, 0.25) is 0 Å². The number of hydrogen-bond donors (Lipinski definition) is 1. The van der Waals surface area contributed by atoms with E-state index in [1.807, 2.05) is 12.1 Å². The summed E-state index contributed by atoms with van der Waals surface area (Å²) in [6, 6.07) is 8.32. The van der Waals surface area contributed by atoms with E-state index in [0.717, 1.165) is 18.4 Å². The van der Waals surface area contributed by atoms with Gasteiger partial charge in [-0.1, -0.05) is 58.4 Å². The molecule has 0 spiro atoms. The van der Waals surface area contributed by atoms with Crippen molar-refractivity contribution in [2.24, 2.45) is 0 Å². The maximum Gasteiger partial charge on any atom is 0.0790 e. The van der Waals surface area contributed by atoms with Crippen molar-refractivity contribution in [3.63, 3.8) is 0 Å². The molecule has 0 heterocycles. The highest BCUT2D eigenvalue weighted by molar-refractivity contribution is 5.28. The number of aliphatic hydroxyl groups excluding tert-OH is 1. The quantitative estimate of drug-likeness (QED) is 0.797. The topological polar surface area (TPSA) is 20.2 Å². The zero-order valence-electron chi connectivity index (χ0n) is 10.2. The van der Waals surface area contributed by atoms with Crippen molar-refractivity contribution in [1.29, 1.82) is 0 Å². The molecule has 0 saturated heterocycles. The van der Waals surface area contributed by atoms with Gasteiger partial charge in [-0.25, -0.2) is 0 Å². The Labute approximate surface area is 93.1 Å². The van der Waals surface area contributed by atoms with Crippen LogP contribution in [0.5, 0.6) is 0 Å². The molecule has 1 heteroatoms. The molecule has 0 amide bonds. The summed E-state index contributed by atoms with van der Waals surface area (Å²) in [6.07, 6.45) is 1.56. The van der Waals surface area contributed by atoms with Gasteiger partial charge < -0.3 is 5.11 Å². The van der Waals surface area contributed by atoms with Crippen LogP contribution < -0.4 is 0 Å². The lowest BCUT2D eigenvalue weighted by Crippen LogP contribution is -2.11. The number of hydrogen-bond acceptors (Lipinski definition) is 1. The molecule has 0 aliphatic rings. The van der Waals surface area contributed by atoms with Crippen LogP contribution in [0.4, 0.5) is 0 Å². The van der Waals surface area contributed by atoms with Crippen LogP contribution in [0.25, 0.3) is 0 Å². The average molecular weight is 206 g/mol. The third kappa shape index (κ3) is 3.35. The average Bonchev–Trinajstić information content (AvgIpc) is 2.17. The maximum absolute atomic E-state index is 9.81. The Kier molecular flexibility index (Phi) is 3.92. The van der Waals surface area contributed by atoms with Gasteiger partial charge >= 0.3 is 0 Å². The molecule has 0 saturated carbocycles. The first-order chi connectivity index (χ1) is 6.95. The van der Waals surface area contributed by atoms with Gasteiger partial charge in [0.05, 0.1) is 6.10 Å². The van der Waals surface area contributed by atoms with E-state index in [1.165, 1.54) is 5.56 Å². The van der Waals surface area contributed by atoms with Crippen molar-refractivity contribution < 1.29 is 5.11 Å². The molecule has 0 aliphatic carbocycles. The normalized spacial score (nSPS) is 13.9. The monoisotopic (exact) mass is 206 g/mol. The zero-order chi connectivity index (χ0) is 11.5. The van der Waals surface area contributed by atoms with Crippen LogP contribution in [-0.2, 0) is 5.41 Å². The molecule has 1 unspecified atom stereocenters. The molecule has 1 nitrogen and oxygen atoms in total. The van der Waals surface area contributed by atoms with Gasteiger partial charge in [-0.2, -0.15) is 0 Å². The molecule has 0 bridgehead atoms. The lowest BCUT2D eigenvalue weighted by molar-refractivity contribution is 0.166. The van der Waals surface area contributed by atoms with E-state index >= 15 is 0 Å². The van der Waals surface area contributed by atoms with E-state index in [-0.39, 0.29) is 11.5 Å². The summed E-state index contributed by atoms with van der Waals surface area (Å²) in [7, 11) is 0. The summed E-state index contributed by atoms with van der Waals surface area (Å²) in [5, 5.41) is 9.81. The highest BCUT2D eigenvalue weighted by Crippen LogP contribution is 2.25. The Morgan fingerprint density at radius 1 is 1.13 bits per heavy atom. The van der Waals surface area contributed by atoms with Gasteiger partial charge in [-0.15, -0.1) is 0 Å². The summed E-state index contributed by atoms with van der Waals surface area (Å²) < 4.78 is 0. The fourth-order valence-corrected chi connectivity index (χ4v) is 1.65. The molecular weight excluding hydrogens is 184 g/mol. The van der Waals surface area contributed by atoms with Crippen LogP contribution in [0.3, 0.4) is 0 Å². The van der Waals surface area contributed by atoms with Gasteiger partial charge in [0.15, 0.2) is 0 Å². The van der Waals surface area contributed by atoms with Gasteiger partial charge in [0.1, 0.15) is 0 Å². The van der Waals surface area contributed by atoms with Crippen LogP contribution in [0.15, 0.2) is 24.3 Å². The number of rotatable bonds is 3. The molecule has 84 valence electrons. The van der Waals surface area contributed by atoms with Crippen molar-refractivity contribution in [1.82, 2.24) is 0 Å². The van der Waals surface area contributed by atoms with Crippen molar-refractivity contribution in [3.05, 3.63) is 35.4 Å². The van der Waals surface area contributed by atoms with Gasteiger partial charge in [-0.3, -0.25) is 0 Å². The molecule has 1 aromatic rings. The summed E-state index contributed by atoms with van der Waals surface area (Å²) >= 11 is 0. The largest absolute Gasteiger partial charge is 0.388 e. The lowest BCUT2D eigenvalue weighted by Gasteiger charge is -2.20. The summed E-state index contributed by atoms with van der Waals surface area (Å²) in [5.74, 6) is 0. The van der Waals surface area contributed by atoms with E-state index in [1.54, 1.807) is 0 Å². The van der Waals surface area contributed by atoms with E-state index in [2.05, 4.69) is 39.8 Å². The van der Waals surface area contributed by atoms with Gasteiger partial charge in [0, 0.05) is 0 Å². The molecule has 1 rings (SSSR count). The molecule has 1 aromatic carbocycles. The minimum atomic E-state index is -0.302. The minimum Gasteiger partial charge on any atom is -0.388 e. The second-order valence-electron chi connectivity index (χ2n) is 5.18. The minimum absolute atomic E-state index is 0.189. The molecule has 0 aliphatic heterocycles. The standard InChI is InChI=1S/C14H22O/c1-5-6-13(15)11-7-9-12(10-8-11)14(2,3)4/h7-10,13,15H,5-6H2,1-4H3. The van der Waals surface area contributed by atoms with Crippen molar-refractivity contribution in [2.75, 3.05) is 0 Å². The number of aliphatic hydroxyl groups is 1. The highest BCUT2D eigenvalue weighted by atomic mass is 16.3. The molecule has 0 radical (unpaired) electrons. The number of benzene rings is 1. The second kappa shape index (κ2) is 4.80. The highest BCUT2D eigenvalue weighted by Gasteiger charge is 2.14. The van der Waals surface area contributed by atoms with E-state index < -0.39 is 0 Å². The molecule has 0 fully saturated rings. The Morgan fingerprint density at radius 3 is 2.07 bits per heavy atom. The van der Waals surface area contributed by atoms with E-state index in [4.69, 9.17) is 0 Å². The first-order valence-corrected chi connectivity index (χ1v) is 5.73. The third-order valence-corrected chi connectivity index (χ3v) is 2.72. The first kappa shape index (κ1) is 12.3. The van der Waals surface area contributed by atoms with Crippen LogP contribution in [0, 0.1) is 0 Å². The molecule has 1 N–H and O–H groups in total. The molecule has 1 atom stereocenters. The Hall–Kier alpha value is -0.820. The Balaban J connectivity index is 2.81. The first-order valence-electron chi connectivity index (χ1n) is 5.73. The van der Waals surface area contributed by atoms with Crippen LogP contribution in [0.1, 0.15) is 57.8 Å². The van der Waals surface area contributed by atoms with Crippen molar-refractivity contribution in [3.8, 4) is 0 Å². The Morgan fingerprint density at radius 2 is 1.67 bits per heavy atom. The van der Waals surface area contributed by atoms with E-state index in [0.29, 0.717) is 0 Å². The summed E-state index contributed by atoms with van der Waals surface area (Å²) in [6.45, 7) is 8.69. The molecular formula is C14H22O. The lowest BCUT2D eigenvalue weighted by atomic mass is 9.86. The van der Waals surface area contributed by atoms with Crippen LogP contribution in [0.2, 0.25) is 0 Å². The molecule has 0 aromatic heterocycles. The fraction of sp³-hybridized carbons (Fsp3) is 0.571. The second-order valence-corrected chi connectivity index (χ2v) is 5.18. The third-order valence-electron chi connectivity index (χ3n) is 2.72. The van der Waals surface area contributed by atoms with Crippen molar-refractivity contribution in [2.45, 2.75) is 52.1 Å². The summed E-state index contributed by atoms with van der Waals surface area (Å²) in [5.41, 5.74) is 2.54. The zero-order valence-corrected chi connectivity index (χ0v) is 10.2. The van der Waals surface area contributed by atoms with Crippen LogP contribution >= 0.6 is 0 Å². The SMILES string of the molecule is CCCC(O)c1ccc(C(C)(C)C)cc1. The van der Waals surface area contributed by atoms with Gasteiger partial charge in [-0.05, 0) is 23.0 Å². The van der Waals surface area contributed by atoms with Crippen LogP contribution in [-0.4, -0.2) is 5.11 Å². The summed E-state index contributed by atoms with van der Waals surface area (Å²) in [4.78, 5) is 0. The van der Waals surface area contributed by atoms with E-state index in [9.17, 15) is 5.11 Å². The Bertz CT molecular complexity index is 292. The van der Waals surface area contributed by atoms with Crippen molar-refractivity contribution >= 4 is 0 Å².